The molecule has 18 heavy (non-hydrogen) atoms. The van der Waals surface area contributed by atoms with Crippen LogP contribution >= 0.6 is 0 Å². The first kappa shape index (κ1) is 16.0. The summed E-state index contributed by atoms with van der Waals surface area (Å²) in [6, 6.07) is 0.566. The third-order valence-corrected chi connectivity index (χ3v) is 4.54. The number of unbranched alkanes of at least 4 members (excludes halogenated alkanes) is 4. The zero-order valence-electron chi connectivity index (χ0n) is 12.8. The topological polar surface area (TPSA) is 21.3 Å². The summed E-state index contributed by atoms with van der Waals surface area (Å²) in [5.74, 6) is 0. The molecular weight excluding hydrogens is 222 g/mol. The van der Waals surface area contributed by atoms with E-state index in [9.17, 15) is 0 Å². The molecule has 0 spiro atoms. The van der Waals surface area contributed by atoms with Crippen molar-refractivity contribution in [3.63, 3.8) is 0 Å². The van der Waals surface area contributed by atoms with Gasteiger partial charge in [0.2, 0.25) is 0 Å². The molecule has 1 N–H and O–H groups in total. The van der Waals surface area contributed by atoms with E-state index < -0.39 is 0 Å². The van der Waals surface area contributed by atoms with Crippen LogP contribution < -0.4 is 5.32 Å². The van der Waals surface area contributed by atoms with E-state index in [4.69, 9.17) is 4.74 Å². The van der Waals surface area contributed by atoms with E-state index in [2.05, 4.69) is 19.2 Å². The number of hydrogen-bond donors (Lipinski definition) is 1. The van der Waals surface area contributed by atoms with Crippen LogP contribution in [0.5, 0.6) is 0 Å². The standard InChI is InChI=1S/C16H33NO/c1-4-6-7-8-9-12-15(17-5-2)16(18-3)13-10-11-14-16/h15,17H,4-14H2,1-3H3. The minimum atomic E-state index is 0.140. The lowest BCUT2D eigenvalue weighted by Crippen LogP contribution is -2.50. The van der Waals surface area contributed by atoms with E-state index in [-0.39, 0.29) is 5.60 Å². The number of ether oxygens (including phenoxy) is 1. The number of methoxy groups -OCH3 is 1. The fourth-order valence-electron chi connectivity index (χ4n) is 3.42. The molecule has 1 saturated carbocycles. The zero-order chi connectivity index (χ0) is 13.3. The Kier molecular flexibility index (Phi) is 7.92. The van der Waals surface area contributed by atoms with Crippen molar-refractivity contribution in [3.05, 3.63) is 0 Å². The second kappa shape index (κ2) is 8.92. The van der Waals surface area contributed by atoms with Crippen molar-refractivity contribution >= 4 is 0 Å². The van der Waals surface area contributed by atoms with Crippen LogP contribution in [0.15, 0.2) is 0 Å². The van der Waals surface area contributed by atoms with Gasteiger partial charge in [0.05, 0.1) is 5.60 Å². The second-order valence-electron chi connectivity index (χ2n) is 5.79. The van der Waals surface area contributed by atoms with Crippen LogP contribution in [0.2, 0.25) is 0 Å². The van der Waals surface area contributed by atoms with Gasteiger partial charge in [0.15, 0.2) is 0 Å². The maximum Gasteiger partial charge on any atom is 0.0830 e. The van der Waals surface area contributed by atoms with Gasteiger partial charge in [-0.3, -0.25) is 0 Å². The molecule has 0 aromatic rings. The minimum Gasteiger partial charge on any atom is -0.377 e. The van der Waals surface area contributed by atoms with Gasteiger partial charge in [0.1, 0.15) is 0 Å². The van der Waals surface area contributed by atoms with Crippen molar-refractivity contribution in [2.75, 3.05) is 13.7 Å². The first-order chi connectivity index (χ1) is 8.79. The number of likely N-dealkylation sites (N-methyl/N-ethyl adjacent to an activating group) is 1. The Morgan fingerprint density at radius 1 is 1.06 bits per heavy atom. The Morgan fingerprint density at radius 3 is 2.28 bits per heavy atom. The van der Waals surface area contributed by atoms with Crippen LogP contribution in [0, 0.1) is 0 Å². The summed E-state index contributed by atoms with van der Waals surface area (Å²) in [5.41, 5.74) is 0.140. The van der Waals surface area contributed by atoms with Crippen molar-refractivity contribution < 1.29 is 4.74 Å². The van der Waals surface area contributed by atoms with Crippen LogP contribution in [-0.4, -0.2) is 25.3 Å². The molecule has 0 aliphatic heterocycles. The van der Waals surface area contributed by atoms with Gasteiger partial charge in [-0.15, -0.1) is 0 Å². The Bertz CT molecular complexity index is 199. The summed E-state index contributed by atoms with van der Waals surface area (Å²) in [5, 5.41) is 3.68. The number of rotatable bonds is 10. The largest absolute Gasteiger partial charge is 0.377 e. The normalized spacial score (nSPS) is 20.2. The van der Waals surface area contributed by atoms with Crippen LogP contribution in [-0.2, 0) is 4.74 Å². The third kappa shape index (κ3) is 4.55. The summed E-state index contributed by atoms with van der Waals surface area (Å²) in [6.45, 7) is 5.55. The summed E-state index contributed by atoms with van der Waals surface area (Å²) < 4.78 is 5.93. The van der Waals surface area contributed by atoms with Gasteiger partial charge < -0.3 is 10.1 Å². The fraction of sp³-hybridized carbons (Fsp3) is 1.00. The Hall–Kier alpha value is -0.0800. The lowest BCUT2D eigenvalue weighted by atomic mass is 9.88. The molecule has 0 aromatic heterocycles. The molecule has 0 heterocycles. The molecule has 2 nitrogen and oxygen atoms in total. The lowest BCUT2D eigenvalue weighted by Gasteiger charge is -2.37. The molecule has 0 amide bonds. The average Bonchev–Trinajstić information content (AvgIpc) is 2.87. The maximum atomic E-state index is 5.93. The highest BCUT2D eigenvalue weighted by Gasteiger charge is 2.40. The van der Waals surface area contributed by atoms with E-state index in [0.29, 0.717) is 6.04 Å². The lowest BCUT2D eigenvalue weighted by molar-refractivity contribution is -0.0379. The molecule has 0 saturated heterocycles. The van der Waals surface area contributed by atoms with E-state index in [0.717, 1.165) is 6.54 Å². The van der Waals surface area contributed by atoms with Crippen LogP contribution in [0.4, 0.5) is 0 Å². The van der Waals surface area contributed by atoms with Crippen molar-refractivity contribution in [2.24, 2.45) is 0 Å². The van der Waals surface area contributed by atoms with Gasteiger partial charge in [-0.25, -0.2) is 0 Å². The van der Waals surface area contributed by atoms with E-state index in [1.807, 2.05) is 7.11 Å². The summed E-state index contributed by atoms with van der Waals surface area (Å²) >= 11 is 0. The van der Waals surface area contributed by atoms with Crippen molar-refractivity contribution in [2.45, 2.75) is 89.7 Å². The maximum absolute atomic E-state index is 5.93. The summed E-state index contributed by atoms with van der Waals surface area (Å²) in [6.07, 6.45) is 13.3. The highest BCUT2D eigenvalue weighted by atomic mass is 16.5. The Labute approximate surface area is 114 Å². The van der Waals surface area contributed by atoms with Gasteiger partial charge in [-0.2, -0.15) is 0 Å². The molecule has 1 fully saturated rings. The molecule has 1 aliphatic rings. The summed E-state index contributed by atoms with van der Waals surface area (Å²) in [7, 11) is 1.91. The van der Waals surface area contributed by atoms with E-state index >= 15 is 0 Å². The van der Waals surface area contributed by atoms with Gasteiger partial charge in [-0.1, -0.05) is 58.8 Å². The average molecular weight is 255 g/mol. The van der Waals surface area contributed by atoms with Gasteiger partial charge >= 0.3 is 0 Å². The number of nitrogens with one attached hydrogen (secondary N) is 1. The predicted octanol–water partition coefficient (Wildman–Crippen LogP) is 4.28. The smallest absolute Gasteiger partial charge is 0.0830 e. The summed E-state index contributed by atoms with van der Waals surface area (Å²) in [4.78, 5) is 0. The molecule has 0 bridgehead atoms. The van der Waals surface area contributed by atoms with E-state index in [1.165, 1.54) is 64.2 Å². The molecule has 1 rings (SSSR count). The SMILES string of the molecule is CCCCCCCC(NCC)C1(OC)CCCC1. The number of hydrogen-bond acceptors (Lipinski definition) is 2. The third-order valence-electron chi connectivity index (χ3n) is 4.54. The van der Waals surface area contributed by atoms with Crippen LogP contribution in [0.25, 0.3) is 0 Å². The molecule has 1 atom stereocenters. The molecule has 1 unspecified atom stereocenters. The highest BCUT2D eigenvalue weighted by molar-refractivity contribution is 4.96. The van der Waals surface area contributed by atoms with Crippen molar-refractivity contribution in [1.29, 1.82) is 0 Å². The van der Waals surface area contributed by atoms with Gasteiger partial charge in [0.25, 0.3) is 0 Å². The Balaban J connectivity index is 2.38. The predicted molar refractivity (Wildman–Crippen MR) is 79.0 cm³/mol. The quantitative estimate of drug-likeness (QED) is 0.588. The molecular formula is C16H33NO. The minimum absolute atomic E-state index is 0.140. The Morgan fingerprint density at radius 2 is 1.72 bits per heavy atom. The first-order valence-corrected chi connectivity index (χ1v) is 8.07. The van der Waals surface area contributed by atoms with Crippen molar-refractivity contribution in [1.82, 2.24) is 5.32 Å². The monoisotopic (exact) mass is 255 g/mol. The fourth-order valence-corrected chi connectivity index (χ4v) is 3.42. The second-order valence-corrected chi connectivity index (χ2v) is 5.79. The molecule has 1 aliphatic carbocycles. The molecule has 108 valence electrons. The molecule has 0 radical (unpaired) electrons. The molecule has 2 heteroatoms. The van der Waals surface area contributed by atoms with Crippen LogP contribution in [0.1, 0.15) is 78.1 Å². The van der Waals surface area contributed by atoms with Gasteiger partial charge in [0, 0.05) is 13.2 Å². The molecule has 0 aromatic carbocycles. The zero-order valence-corrected chi connectivity index (χ0v) is 12.8. The van der Waals surface area contributed by atoms with Gasteiger partial charge in [-0.05, 0) is 25.8 Å². The first-order valence-electron chi connectivity index (χ1n) is 8.07. The highest BCUT2D eigenvalue weighted by Crippen LogP contribution is 2.37. The van der Waals surface area contributed by atoms with Crippen molar-refractivity contribution in [3.8, 4) is 0 Å². The van der Waals surface area contributed by atoms with E-state index in [1.54, 1.807) is 0 Å². The van der Waals surface area contributed by atoms with Crippen LogP contribution in [0.3, 0.4) is 0 Å².